The van der Waals surface area contributed by atoms with Crippen LogP contribution in [-0.2, 0) is 24.6 Å². The number of fused-ring (bicyclic) bond motifs is 1. The van der Waals surface area contributed by atoms with E-state index in [0.717, 1.165) is 24.1 Å². The van der Waals surface area contributed by atoms with Crippen LogP contribution >= 0.6 is 0 Å². The zero-order valence-corrected chi connectivity index (χ0v) is 16.1. The van der Waals surface area contributed by atoms with E-state index in [9.17, 15) is 4.79 Å². The van der Waals surface area contributed by atoms with E-state index in [2.05, 4.69) is 38.8 Å². The van der Waals surface area contributed by atoms with E-state index < -0.39 is 5.97 Å². The van der Waals surface area contributed by atoms with Crippen LogP contribution in [0.25, 0.3) is 11.3 Å². The molecule has 7 heteroatoms. The van der Waals surface area contributed by atoms with Gasteiger partial charge >= 0.3 is 5.97 Å². The molecule has 1 aromatic carbocycles. The van der Waals surface area contributed by atoms with E-state index >= 15 is 0 Å². The number of carbonyl (C=O) groups excluding carboxylic acids is 1. The van der Waals surface area contributed by atoms with Gasteiger partial charge in [-0.05, 0) is 61.9 Å². The van der Waals surface area contributed by atoms with Gasteiger partial charge in [-0.1, -0.05) is 12.1 Å². The zero-order chi connectivity index (χ0) is 19.5. The molecule has 0 aliphatic heterocycles. The van der Waals surface area contributed by atoms with Gasteiger partial charge < -0.3 is 10.1 Å². The first-order valence-corrected chi connectivity index (χ1v) is 9.57. The Morgan fingerprint density at radius 1 is 1.14 bits per heavy atom. The molecular formula is C21H23N5O2. The quantitative estimate of drug-likeness (QED) is 0.683. The average molecular weight is 377 g/mol. The van der Waals surface area contributed by atoms with Crippen molar-refractivity contribution in [3.05, 3.63) is 53.2 Å². The van der Waals surface area contributed by atoms with Gasteiger partial charge in [0.25, 0.3) is 0 Å². The minimum Gasteiger partial charge on any atom is -0.462 e. The average Bonchev–Trinajstić information content (AvgIpc) is 3.09. The predicted molar refractivity (Wildman–Crippen MR) is 107 cm³/mol. The third-order valence-corrected chi connectivity index (χ3v) is 4.99. The SMILES string of the molecule is CCOC(=O)c1cnn(C)c1Nc1ccc(-c2ccc3c(c2)CCCC3)nn1. The topological polar surface area (TPSA) is 81.9 Å². The Bertz CT molecular complexity index is 995. The van der Waals surface area contributed by atoms with E-state index in [4.69, 9.17) is 4.74 Å². The van der Waals surface area contributed by atoms with Crippen molar-refractivity contribution in [2.45, 2.75) is 32.6 Å². The van der Waals surface area contributed by atoms with Crippen molar-refractivity contribution in [3.63, 3.8) is 0 Å². The van der Waals surface area contributed by atoms with Gasteiger partial charge in [0.15, 0.2) is 5.82 Å². The van der Waals surface area contributed by atoms with Crippen molar-refractivity contribution in [1.29, 1.82) is 0 Å². The lowest BCUT2D eigenvalue weighted by Gasteiger charge is -2.16. The monoisotopic (exact) mass is 377 g/mol. The van der Waals surface area contributed by atoms with Crippen molar-refractivity contribution in [1.82, 2.24) is 20.0 Å². The molecule has 144 valence electrons. The summed E-state index contributed by atoms with van der Waals surface area (Å²) in [4.78, 5) is 12.1. The number of hydrogen-bond donors (Lipinski definition) is 1. The summed E-state index contributed by atoms with van der Waals surface area (Å²) >= 11 is 0. The molecule has 0 amide bonds. The molecule has 0 atom stereocenters. The van der Waals surface area contributed by atoms with E-state index in [1.807, 2.05) is 12.1 Å². The second-order valence-electron chi connectivity index (χ2n) is 6.87. The standard InChI is InChI=1S/C21H23N5O2/c1-3-28-21(27)17-13-22-26(2)20(17)23-19-11-10-18(24-25-19)16-9-8-14-6-4-5-7-15(14)12-16/h8-13H,3-7H2,1-2H3,(H,23,25). The molecule has 4 rings (SSSR count). The van der Waals surface area contributed by atoms with Crippen molar-refractivity contribution in [3.8, 4) is 11.3 Å². The maximum absolute atomic E-state index is 12.1. The Labute approximate surface area is 163 Å². The maximum Gasteiger partial charge on any atom is 0.343 e. The van der Waals surface area contributed by atoms with E-state index in [1.54, 1.807) is 18.7 Å². The fourth-order valence-corrected chi connectivity index (χ4v) is 3.51. The molecule has 7 nitrogen and oxygen atoms in total. The Kier molecular flexibility index (Phi) is 5.06. The highest BCUT2D eigenvalue weighted by atomic mass is 16.5. The van der Waals surface area contributed by atoms with Gasteiger partial charge in [-0.2, -0.15) is 5.10 Å². The van der Waals surface area contributed by atoms with Crippen LogP contribution in [0.1, 0.15) is 41.3 Å². The molecule has 3 aromatic rings. The van der Waals surface area contributed by atoms with E-state index in [-0.39, 0.29) is 0 Å². The molecule has 0 radical (unpaired) electrons. The van der Waals surface area contributed by atoms with Crippen LogP contribution in [0.2, 0.25) is 0 Å². The van der Waals surface area contributed by atoms with Crippen LogP contribution in [0.3, 0.4) is 0 Å². The fraction of sp³-hybridized carbons (Fsp3) is 0.333. The highest BCUT2D eigenvalue weighted by Gasteiger charge is 2.18. The predicted octanol–water partition coefficient (Wildman–Crippen LogP) is 3.68. The normalized spacial score (nSPS) is 13.1. The van der Waals surface area contributed by atoms with E-state index in [0.29, 0.717) is 23.8 Å². The van der Waals surface area contributed by atoms with Crippen LogP contribution in [0.5, 0.6) is 0 Å². The van der Waals surface area contributed by atoms with Gasteiger partial charge in [0.05, 0.1) is 18.5 Å². The number of nitrogens with one attached hydrogen (secondary N) is 1. The lowest BCUT2D eigenvalue weighted by molar-refractivity contribution is 0.0527. The minimum absolute atomic E-state index is 0.308. The highest BCUT2D eigenvalue weighted by Crippen LogP contribution is 2.27. The molecule has 2 heterocycles. The Morgan fingerprint density at radius 2 is 1.96 bits per heavy atom. The van der Waals surface area contributed by atoms with E-state index in [1.165, 1.54) is 30.2 Å². The molecule has 0 unspecified atom stereocenters. The fourth-order valence-electron chi connectivity index (χ4n) is 3.51. The summed E-state index contributed by atoms with van der Waals surface area (Å²) < 4.78 is 6.65. The molecule has 1 N–H and O–H groups in total. The number of benzene rings is 1. The highest BCUT2D eigenvalue weighted by molar-refractivity contribution is 5.95. The molecule has 0 fully saturated rings. The molecule has 0 saturated carbocycles. The molecule has 0 saturated heterocycles. The molecule has 28 heavy (non-hydrogen) atoms. The summed E-state index contributed by atoms with van der Waals surface area (Å²) in [5.74, 6) is 0.641. The van der Waals surface area contributed by atoms with Crippen molar-refractivity contribution in [2.24, 2.45) is 7.05 Å². The first-order chi connectivity index (χ1) is 13.7. The van der Waals surface area contributed by atoms with Crippen molar-refractivity contribution >= 4 is 17.6 Å². The number of hydrogen-bond acceptors (Lipinski definition) is 6. The molecule has 0 spiro atoms. The van der Waals surface area contributed by atoms with Gasteiger partial charge in [-0.3, -0.25) is 4.68 Å². The van der Waals surface area contributed by atoms with Gasteiger partial charge in [-0.25, -0.2) is 4.79 Å². The number of nitrogens with zero attached hydrogens (tertiary/aromatic N) is 4. The van der Waals surface area contributed by atoms with Crippen LogP contribution in [0.15, 0.2) is 36.5 Å². The van der Waals surface area contributed by atoms with Gasteiger partial charge in [-0.15, -0.1) is 10.2 Å². The van der Waals surface area contributed by atoms with Crippen molar-refractivity contribution < 1.29 is 9.53 Å². The van der Waals surface area contributed by atoms with Gasteiger partial charge in [0.2, 0.25) is 0 Å². The largest absolute Gasteiger partial charge is 0.462 e. The third-order valence-electron chi connectivity index (χ3n) is 4.99. The summed E-state index contributed by atoms with van der Waals surface area (Å²) in [5.41, 5.74) is 5.14. The summed E-state index contributed by atoms with van der Waals surface area (Å²) in [6, 6.07) is 10.3. The van der Waals surface area contributed by atoms with Crippen LogP contribution < -0.4 is 5.32 Å². The molecule has 1 aliphatic carbocycles. The summed E-state index contributed by atoms with van der Waals surface area (Å²) in [7, 11) is 1.75. The number of anilines is 2. The second-order valence-corrected chi connectivity index (χ2v) is 6.87. The Balaban J connectivity index is 1.55. The lowest BCUT2D eigenvalue weighted by atomic mass is 9.90. The minimum atomic E-state index is -0.420. The van der Waals surface area contributed by atoms with Gasteiger partial charge in [0, 0.05) is 12.6 Å². The van der Waals surface area contributed by atoms with Crippen molar-refractivity contribution in [2.75, 3.05) is 11.9 Å². The maximum atomic E-state index is 12.1. The number of aryl methyl sites for hydroxylation is 3. The number of carbonyl (C=O) groups is 1. The van der Waals surface area contributed by atoms with Crippen LogP contribution in [0.4, 0.5) is 11.6 Å². The smallest absolute Gasteiger partial charge is 0.343 e. The number of aromatic nitrogens is 4. The van der Waals surface area contributed by atoms with Gasteiger partial charge in [0.1, 0.15) is 11.4 Å². The first kappa shape index (κ1) is 18.2. The zero-order valence-electron chi connectivity index (χ0n) is 16.1. The number of rotatable bonds is 5. The lowest BCUT2D eigenvalue weighted by Crippen LogP contribution is -2.09. The molecular weight excluding hydrogens is 354 g/mol. The number of esters is 1. The first-order valence-electron chi connectivity index (χ1n) is 9.57. The molecule has 2 aromatic heterocycles. The summed E-state index contributed by atoms with van der Waals surface area (Å²) in [6.45, 7) is 2.08. The summed E-state index contributed by atoms with van der Waals surface area (Å²) in [5, 5.41) is 15.9. The third kappa shape index (κ3) is 3.60. The Morgan fingerprint density at radius 3 is 2.71 bits per heavy atom. The summed E-state index contributed by atoms with van der Waals surface area (Å²) in [6.07, 6.45) is 6.30. The molecule has 0 bridgehead atoms. The molecule has 1 aliphatic rings. The van der Waals surface area contributed by atoms with Crippen LogP contribution in [0, 0.1) is 0 Å². The number of ether oxygens (including phenoxy) is 1. The second kappa shape index (κ2) is 7.80. The Hall–Kier alpha value is -3.22. The van der Waals surface area contributed by atoms with Crippen LogP contribution in [-0.4, -0.2) is 32.6 Å².